The third-order valence-corrected chi connectivity index (χ3v) is 3.48. The maximum absolute atomic E-state index is 9.05. The van der Waals surface area contributed by atoms with E-state index in [1.165, 1.54) is 5.56 Å². The minimum Gasteiger partial charge on any atom is -0.396 e. The Morgan fingerprint density at radius 1 is 1.33 bits per heavy atom. The highest BCUT2D eigenvalue weighted by Crippen LogP contribution is 2.19. The molecule has 15 heavy (non-hydrogen) atoms. The number of likely N-dealkylation sites (tertiary alicyclic amines) is 1. The Morgan fingerprint density at radius 2 is 2.07 bits per heavy atom. The van der Waals surface area contributed by atoms with Crippen molar-refractivity contribution in [3.63, 3.8) is 0 Å². The van der Waals surface area contributed by atoms with Crippen LogP contribution in [-0.4, -0.2) is 29.7 Å². The summed E-state index contributed by atoms with van der Waals surface area (Å²) in [6, 6.07) is 8.45. The summed E-state index contributed by atoms with van der Waals surface area (Å²) >= 11 is 3.43. The Kier molecular flexibility index (Phi) is 3.78. The average molecular weight is 270 g/mol. The molecule has 1 aliphatic rings. The summed E-state index contributed by atoms with van der Waals surface area (Å²) in [6.45, 7) is 3.48. The van der Waals surface area contributed by atoms with Gasteiger partial charge in [0.1, 0.15) is 0 Å². The Hall–Kier alpha value is -0.380. The summed E-state index contributed by atoms with van der Waals surface area (Å²) in [4.78, 5) is 2.41. The van der Waals surface area contributed by atoms with Gasteiger partial charge in [-0.05, 0) is 36.6 Å². The molecule has 0 spiro atoms. The molecule has 1 N–H and O–H groups in total. The van der Waals surface area contributed by atoms with E-state index in [0.717, 1.165) is 30.5 Å². The summed E-state index contributed by atoms with van der Waals surface area (Å²) < 4.78 is 1.13. The van der Waals surface area contributed by atoms with Crippen LogP contribution in [0, 0.1) is 5.92 Å². The largest absolute Gasteiger partial charge is 0.396 e. The Labute approximate surface area is 99.0 Å². The van der Waals surface area contributed by atoms with Crippen molar-refractivity contribution in [3.8, 4) is 0 Å². The van der Waals surface area contributed by atoms with E-state index in [-0.39, 0.29) is 0 Å². The van der Waals surface area contributed by atoms with Gasteiger partial charge in [-0.15, -0.1) is 0 Å². The lowest BCUT2D eigenvalue weighted by atomic mass is 10.1. The second-order valence-corrected chi connectivity index (χ2v) is 5.11. The molecule has 1 atom stereocenters. The van der Waals surface area contributed by atoms with E-state index in [9.17, 15) is 0 Å². The van der Waals surface area contributed by atoms with Gasteiger partial charge in [0.15, 0.2) is 0 Å². The van der Waals surface area contributed by atoms with E-state index >= 15 is 0 Å². The maximum Gasteiger partial charge on any atom is 0.0471 e. The Bertz CT molecular complexity index is 312. The van der Waals surface area contributed by atoms with Crippen LogP contribution in [-0.2, 0) is 6.54 Å². The van der Waals surface area contributed by atoms with Crippen LogP contribution in [0.1, 0.15) is 12.0 Å². The monoisotopic (exact) mass is 269 g/mol. The molecule has 0 amide bonds. The van der Waals surface area contributed by atoms with Crippen LogP contribution in [0.4, 0.5) is 0 Å². The molecule has 1 unspecified atom stereocenters. The molecule has 82 valence electrons. The molecule has 1 saturated heterocycles. The predicted octanol–water partition coefficient (Wildman–Crippen LogP) is 2.26. The second kappa shape index (κ2) is 5.10. The first-order chi connectivity index (χ1) is 7.28. The highest BCUT2D eigenvalue weighted by molar-refractivity contribution is 9.10. The number of rotatable bonds is 3. The maximum atomic E-state index is 9.05. The van der Waals surface area contributed by atoms with Crippen molar-refractivity contribution in [2.24, 2.45) is 5.92 Å². The molecular weight excluding hydrogens is 254 g/mol. The third kappa shape index (κ3) is 3.03. The fourth-order valence-electron chi connectivity index (χ4n) is 2.05. The number of hydrogen-bond donors (Lipinski definition) is 1. The van der Waals surface area contributed by atoms with Gasteiger partial charge in [-0.25, -0.2) is 0 Å². The van der Waals surface area contributed by atoms with Gasteiger partial charge >= 0.3 is 0 Å². The van der Waals surface area contributed by atoms with E-state index in [2.05, 4.69) is 45.1 Å². The van der Waals surface area contributed by atoms with Gasteiger partial charge in [0.05, 0.1) is 0 Å². The predicted molar refractivity (Wildman–Crippen MR) is 64.6 cm³/mol. The summed E-state index contributed by atoms with van der Waals surface area (Å²) in [6.07, 6.45) is 1.13. The molecule has 0 saturated carbocycles. The summed E-state index contributed by atoms with van der Waals surface area (Å²) in [7, 11) is 0. The van der Waals surface area contributed by atoms with Crippen molar-refractivity contribution in [2.45, 2.75) is 13.0 Å². The molecule has 2 rings (SSSR count). The van der Waals surface area contributed by atoms with E-state index in [1.54, 1.807) is 0 Å². The van der Waals surface area contributed by atoms with Crippen molar-refractivity contribution in [3.05, 3.63) is 34.3 Å². The molecule has 2 nitrogen and oxygen atoms in total. The van der Waals surface area contributed by atoms with Crippen molar-refractivity contribution in [1.82, 2.24) is 4.90 Å². The van der Waals surface area contributed by atoms with Gasteiger partial charge < -0.3 is 5.11 Å². The molecule has 1 aliphatic heterocycles. The zero-order chi connectivity index (χ0) is 10.7. The number of halogens is 1. The minimum absolute atomic E-state index is 0.330. The molecule has 3 heteroatoms. The summed E-state index contributed by atoms with van der Waals surface area (Å²) in [5, 5.41) is 9.05. The highest BCUT2D eigenvalue weighted by Gasteiger charge is 2.21. The molecule has 0 aliphatic carbocycles. The van der Waals surface area contributed by atoms with Crippen LogP contribution in [0.3, 0.4) is 0 Å². The smallest absolute Gasteiger partial charge is 0.0471 e. The Morgan fingerprint density at radius 3 is 2.67 bits per heavy atom. The molecule has 1 fully saturated rings. The number of hydrogen-bond acceptors (Lipinski definition) is 2. The average Bonchev–Trinajstić information content (AvgIpc) is 2.69. The zero-order valence-corrected chi connectivity index (χ0v) is 10.3. The fraction of sp³-hybridized carbons (Fsp3) is 0.500. The number of nitrogens with zero attached hydrogens (tertiary/aromatic N) is 1. The minimum atomic E-state index is 0.330. The first-order valence-corrected chi connectivity index (χ1v) is 6.15. The molecule has 1 heterocycles. The number of aliphatic hydroxyl groups is 1. The van der Waals surface area contributed by atoms with E-state index in [1.807, 2.05) is 0 Å². The standard InChI is InChI=1S/C12H16BrNO/c13-12-3-1-10(2-4-12)7-14-6-5-11(8-14)9-15/h1-4,11,15H,5-9H2. The quantitative estimate of drug-likeness (QED) is 0.910. The van der Waals surface area contributed by atoms with Crippen LogP contribution >= 0.6 is 15.9 Å². The van der Waals surface area contributed by atoms with Crippen molar-refractivity contribution in [2.75, 3.05) is 19.7 Å². The first kappa shape index (κ1) is 11.1. The van der Waals surface area contributed by atoms with Crippen LogP contribution in [0.5, 0.6) is 0 Å². The van der Waals surface area contributed by atoms with Gasteiger partial charge in [-0.1, -0.05) is 28.1 Å². The molecule has 1 aromatic carbocycles. The lowest BCUT2D eigenvalue weighted by Crippen LogP contribution is -2.20. The fourth-order valence-corrected chi connectivity index (χ4v) is 2.32. The van der Waals surface area contributed by atoms with Crippen LogP contribution < -0.4 is 0 Å². The van der Waals surface area contributed by atoms with Crippen LogP contribution in [0.15, 0.2) is 28.7 Å². The van der Waals surface area contributed by atoms with Crippen LogP contribution in [0.25, 0.3) is 0 Å². The Balaban J connectivity index is 1.90. The topological polar surface area (TPSA) is 23.5 Å². The van der Waals surface area contributed by atoms with E-state index < -0.39 is 0 Å². The molecule has 1 aromatic rings. The number of benzene rings is 1. The third-order valence-electron chi connectivity index (χ3n) is 2.95. The van der Waals surface area contributed by atoms with E-state index in [4.69, 9.17) is 5.11 Å². The lowest BCUT2D eigenvalue weighted by Gasteiger charge is -2.15. The zero-order valence-electron chi connectivity index (χ0n) is 8.69. The summed E-state index contributed by atoms with van der Waals surface area (Å²) in [5.74, 6) is 0.487. The van der Waals surface area contributed by atoms with Gasteiger partial charge in [-0.3, -0.25) is 4.90 Å². The van der Waals surface area contributed by atoms with E-state index in [0.29, 0.717) is 12.5 Å². The first-order valence-electron chi connectivity index (χ1n) is 5.35. The molecule has 0 radical (unpaired) electrons. The van der Waals surface area contributed by atoms with Crippen molar-refractivity contribution >= 4 is 15.9 Å². The second-order valence-electron chi connectivity index (χ2n) is 4.20. The van der Waals surface area contributed by atoms with Crippen molar-refractivity contribution in [1.29, 1.82) is 0 Å². The molecule has 0 bridgehead atoms. The highest BCUT2D eigenvalue weighted by atomic mass is 79.9. The lowest BCUT2D eigenvalue weighted by molar-refractivity contribution is 0.220. The van der Waals surface area contributed by atoms with Gasteiger partial charge in [0.2, 0.25) is 0 Å². The van der Waals surface area contributed by atoms with Gasteiger partial charge in [0.25, 0.3) is 0 Å². The van der Waals surface area contributed by atoms with Crippen molar-refractivity contribution < 1.29 is 5.11 Å². The van der Waals surface area contributed by atoms with Gasteiger partial charge in [0, 0.05) is 24.2 Å². The molecule has 0 aromatic heterocycles. The van der Waals surface area contributed by atoms with Crippen LogP contribution in [0.2, 0.25) is 0 Å². The van der Waals surface area contributed by atoms with Gasteiger partial charge in [-0.2, -0.15) is 0 Å². The normalized spacial score (nSPS) is 22.1. The number of aliphatic hydroxyl groups excluding tert-OH is 1. The molecular formula is C12H16BrNO. The summed E-state index contributed by atoms with van der Waals surface area (Å²) in [5.41, 5.74) is 1.34. The SMILES string of the molecule is OCC1CCN(Cc2ccc(Br)cc2)C1.